The molecule has 9 heteroatoms. The van der Waals surface area contributed by atoms with Crippen LogP contribution < -0.4 is 0 Å². The standard InChI is InChI=1S/C20H17F3N2O3S/c1-11-13(20(21,22)23)5-6-14-15(11)16(24-10-26)17(18(27)28-19(2,3)4)25(14)12-7-8-29-9-12/h5-9H,1-4H3. The summed E-state index contributed by atoms with van der Waals surface area (Å²) in [6, 6.07) is 3.92. The third-order valence-electron chi connectivity index (χ3n) is 4.19. The van der Waals surface area contributed by atoms with Gasteiger partial charge in [0.1, 0.15) is 11.3 Å². The van der Waals surface area contributed by atoms with Crippen molar-refractivity contribution in [2.75, 3.05) is 0 Å². The Morgan fingerprint density at radius 2 is 1.90 bits per heavy atom. The predicted molar refractivity (Wildman–Crippen MR) is 104 cm³/mol. The number of nitrogens with zero attached hydrogens (tertiary/aromatic N) is 2. The summed E-state index contributed by atoms with van der Waals surface area (Å²) in [5.41, 5.74) is -1.33. The van der Waals surface area contributed by atoms with Crippen molar-refractivity contribution < 1.29 is 27.5 Å². The van der Waals surface area contributed by atoms with Crippen LogP contribution in [0.1, 0.15) is 42.4 Å². The molecule has 3 aromatic rings. The van der Waals surface area contributed by atoms with Crippen molar-refractivity contribution in [3.05, 3.63) is 45.8 Å². The van der Waals surface area contributed by atoms with Gasteiger partial charge in [0.25, 0.3) is 0 Å². The molecule has 152 valence electrons. The van der Waals surface area contributed by atoms with Crippen molar-refractivity contribution in [3.8, 4) is 5.69 Å². The summed E-state index contributed by atoms with van der Waals surface area (Å²) in [5, 5.41) is 3.55. The number of hydrogen-bond donors (Lipinski definition) is 0. The molecule has 0 fully saturated rings. The molecule has 0 spiro atoms. The van der Waals surface area contributed by atoms with Gasteiger partial charge in [-0.05, 0) is 56.8 Å². The summed E-state index contributed by atoms with van der Waals surface area (Å²) >= 11 is 1.35. The highest BCUT2D eigenvalue weighted by Gasteiger charge is 2.36. The number of rotatable bonds is 3. The van der Waals surface area contributed by atoms with Crippen molar-refractivity contribution in [1.82, 2.24) is 4.57 Å². The number of alkyl halides is 3. The number of isocyanates is 1. The highest BCUT2D eigenvalue weighted by molar-refractivity contribution is 7.08. The number of ether oxygens (including phenoxy) is 1. The Morgan fingerprint density at radius 1 is 1.21 bits per heavy atom. The number of fused-ring (bicyclic) bond motifs is 1. The highest BCUT2D eigenvalue weighted by atomic mass is 32.1. The third kappa shape index (κ3) is 3.83. The van der Waals surface area contributed by atoms with Gasteiger partial charge in [0.2, 0.25) is 6.08 Å². The van der Waals surface area contributed by atoms with Gasteiger partial charge in [-0.25, -0.2) is 9.59 Å². The van der Waals surface area contributed by atoms with Crippen molar-refractivity contribution in [1.29, 1.82) is 0 Å². The Bertz CT molecular complexity index is 1130. The molecule has 0 saturated carbocycles. The molecule has 3 rings (SSSR count). The molecule has 0 unspecified atom stereocenters. The van der Waals surface area contributed by atoms with E-state index in [0.717, 1.165) is 6.07 Å². The second-order valence-electron chi connectivity index (χ2n) is 7.35. The lowest BCUT2D eigenvalue weighted by atomic mass is 10.0. The minimum atomic E-state index is -4.60. The van der Waals surface area contributed by atoms with Gasteiger partial charge in [-0.1, -0.05) is 0 Å². The van der Waals surface area contributed by atoms with E-state index in [1.54, 1.807) is 37.6 Å². The monoisotopic (exact) mass is 422 g/mol. The molecule has 0 atom stereocenters. The van der Waals surface area contributed by atoms with Gasteiger partial charge in [-0.15, -0.1) is 0 Å². The fourth-order valence-electron chi connectivity index (χ4n) is 3.16. The maximum atomic E-state index is 13.5. The van der Waals surface area contributed by atoms with Gasteiger partial charge in [0.15, 0.2) is 5.69 Å². The van der Waals surface area contributed by atoms with Gasteiger partial charge in [-0.3, -0.25) is 0 Å². The fourth-order valence-corrected chi connectivity index (χ4v) is 3.78. The van der Waals surface area contributed by atoms with Crippen LogP contribution in [-0.4, -0.2) is 22.2 Å². The van der Waals surface area contributed by atoms with Gasteiger partial charge >= 0.3 is 12.1 Å². The van der Waals surface area contributed by atoms with Crippen LogP contribution in [0.3, 0.4) is 0 Å². The lowest BCUT2D eigenvalue weighted by molar-refractivity contribution is -0.137. The van der Waals surface area contributed by atoms with Crippen molar-refractivity contribution in [2.24, 2.45) is 4.99 Å². The molecule has 1 aromatic carbocycles. The van der Waals surface area contributed by atoms with E-state index in [-0.39, 0.29) is 22.3 Å². The van der Waals surface area contributed by atoms with E-state index in [0.29, 0.717) is 11.2 Å². The second kappa shape index (κ2) is 7.17. The summed E-state index contributed by atoms with van der Waals surface area (Å²) in [5.74, 6) is -0.804. The lowest BCUT2D eigenvalue weighted by Gasteiger charge is -2.20. The van der Waals surface area contributed by atoms with E-state index >= 15 is 0 Å². The number of aromatic nitrogens is 1. The molecule has 0 bridgehead atoms. The van der Waals surface area contributed by atoms with Gasteiger partial charge in [0, 0.05) is 10.8 Å². The number of esters is 1. The molecule has 0 aliphatic carbocycles. The van der Waals surface area contributed by atoms with E-state index in [9.17, 15) is 22.8 Å². The van der Waals surface area contributed by atoms with Crippen molar-refractivity contribution in [2.45, 2.75) is 39.5 Å². The number of aryl methyl sites for hydroxylation is 1. The molecule has 2 heterocycles. The lowest BCUT2D eigenvalue weighted by Crippen LogP contribution is -2.25. The zero-order valence-corrected chi connectivity index (χ0v) is 16.9. The van der Waals surface area contributed by atoms with E-state index in [1.807, 2.05) is 0 Å². The molecule has 0 saturated heterocycles. The molecule has 0 aliphatic heterocycles. The first-order valence-corrected chi connectivity index (χ1v) is 9.49. The minimum absolute atomic E-state index is 0.0511. The highest BCUT2D eigenvalue weighted by Crippen LogP contribution is 2.43. The summed E-state index contributed by atoms with van der Waals surface area (Å²) in [6.45, 7) is 6.28. The largest absolute Gasteiger partial charge is 0.455 e. The van der Waals surface area contributed by atoms with Crippen LogP contribution in [0.4, 0.5) is 18.9 Å². The van der Waals surface area contributed by atoms with Crippen molar-refractivity contribution >= 4 is 40.0 Å². The van der Waals surface area contributed by atoms with E-state index in [4.69, 9.17) is 4.74 Å². The summed E-state index contributed by atoms with van der Waals surface area (Å²) < 4.78 is 47.3. The normalized spacial score (nSPS) is 12.1. The molecule has 0 radical (unpaired) electrons. The molecule has 0 aliphatic rings. The Balaban J connectivity index is 2.48. The molecule has 0 N–H and O–H groups in total. The Hall–Kier alpha value is -2.90. The Morgan fingerprint density at radius 3 is 2.41 bits per heavy atom. The van der Waals surface area contributed by atoms with Crippen LogP contribution in [0.5, 0.6) is 0 Å². The predicted octanol–water partition coefficient (Wildman–Crippen LogP) is 5.94. The number of thiophene rings is 1. The van der Waals surface area contributed by atoms with Gasteiger partial charge < -0.3 is 9.30 Å². The molecular weight excluding hydrogens is 405 g/mol. The molecular formula is C20H17F3N2O3S. The second-order valence-corrected chi connectivity index (χ2v) is 8.13. The average Bonchev–Trinajstić information content (AvgIpc) is 3.18. The number of carbonyl (C=O) groups excluding carboxylic acids is 2. The number of hydrogen-bond acceptors (Lipinski definition) is 5. The SMILES string of the molecule is Cc1c(C(F)(F)F)ccc2c1c(N=C=O)c(C(=O)OC(C)(C)C)n2-c1ccsc1. The minimum Gasteiger partial charge on any atom is -0.455 e. The maximum Gasteiger partial charge on any atom is 0.416 e. The third-order valence-corrected chi connectivity index (χ3v) is 4.86. The smallest absolute Gasteiger partial charge is 0.416 e. The number of aliphatic imine (C=N–C) groups is 1. The zero-order valence-electron chi connectivity index (χ0n) is 16.0. The number of benzene rings is 1. The van der Waals surface area contributed by atoms with Gasteiger partial charge in [-0.2, -0.15) is 29.5 Å². The van der Waals surface area contributed by atoms with Crippen LogP contribution in [-0.2, 0) is 15.7 Å². The van der Waals surface area contributed by atoms with E-state index in [1.165, 1.54) is 35.0 Å². The Labute approximate surface area is 168 Å². The number of halogens is 3. The zero-order chi connectivity index (χ0) is 21.6. The Kier molecular flexibility index (Phi) is 5.15. The fraction of sp³-hybridized carbons (Fsp3) is 0.300. The summed E-state index contributed by atoms with van der Waals surface area (Å²) in [7, 11) is 0. The number of carbonyl (C=O) groups is 1. The topological polar surface area (TPSA) is 60.7 Å². The molecule has 2 aromatic heterocycles. The van der Waals surface area contributed by atoms with Crippen LogP contribution >= 0.6 is 11.3 Å². The van der Waals surface area contributed by atoms with Crippen molar-refractivity contribution in [3.63, 3.8) is 0 Å². The first kappa shape index (κ1) is 20.8. The molecule has 0 amide bonds. The first-order chi connectivity index (χ1) is 13.5. The van der Waals surface area contributed by atoms with Crippen LogP contribution in [0.15, 0.2) is 34.0 Å². The van der Waals surface area contributed by atoms with Crippen LogP contribution in [0.25, 0.3) is 16.6 Å². The van der Waals surface area contributed by atoms with Crippen LogP contribution in [0.2, 0.25) is 0 Å². The quantitative estimate of drug-likeness (QED) is 0.298. The average molecular weight is 422 g/mol. The molecule has 5 nitrogen and oxygen atoms in total. The summed E-state index contributed by atoms with van der Waals surface area (Å²) in [4.78, 5) is 27.7. The summed E-state index contributed by atoms with van der Waals surface area (Å²) in [6.07, 6.45) is -3.25. The van der Waals surface area contributed by atoms with Gasteiger partial charge in [0.05, 0.1) is 16.8 Å². The van der Waals surface area contributed by atoms with E-state index in [2.05, 4.69) is 4.99 Å². The first-order valence-electron chi connectivity index (χ1n) is 8.54. The molecule has 29 heavy (non-hydrogen) atoms. The maximum absolute atomic E-state index is 13.5. The van der Waals surface area contributed by atoms with E-state index < -0.39 is 23.3 Å². The van der Waals surface area contributed by atoms with Crippen LogP contribution in [0, 0.1) is 6.92 Å².